The van der Waals surface area contributed by atoms with Crippen molar-refractivity contribution in [1.29, 1.82) is 0 Å². The number of carbonyl (C=O) groups is 1. The van der Waals surface area contributed by atoms with Crippen LogP contribution < -0.4 is 11.1 Å². The fourth-order valence-electron chi connectivity index (χ4n) is 3.00. The van der Waals surface area contributed by atoms with E-state index >= 15 is 0 Å². The van der Waals surface area contributed by atoms with Gasteiger partial charge in [-0.2, -0.15) is 0 Å². The number of nitrogens with two attached hydrogens (primary N) is 1. The van der Waals surface area contributed by atoms with E-state index in [-0.39, 0.29) is 5.91 Å². The molecule has 0 spiro atoms. The Kier molecular flexibility index (Phi) is 3.25. The van der Waals surface area contributed by atoms with E-state index in [9.17, 15) is 4.79 Å². The fourth-order valence-corrected chi connectivity index (χ4v) is 3.00. The number of amides is 1. The first kappa shape index (κ1) is 12.6. The number of hydrogen-bond donors (Lipinski definition) is 2. The average Bonchev–Trinajstić information content (AvgIpc) is 3.15. The van der Waals surface area contributed by atoms with Gasteiger partial charge in [-0.1, -0.05) is 6.92 Å². The molecule has 2 aliphatic carbocycles. The second kappa shape index (κ2) is 4.91. The Morgan fingerprint density at radius 3 is 2.58 bits per heavy atom. The molecular formula is C15H23N3O. The number of nitrogens with one attached hydrogen (secondary N) is 1. The van der Waals surface area contributed by atoms with E-state index in [0.29, 0.717) is 17.8 Å². The molecule has 2 aliphatic rings. The van der Waals surface area contributed by atoms with E-state index in [4.69, 9.17) is 5.73 Å². The number of aromatic nitrogens is 1. The van der Waals surface area contributed by atoms with Crippen molar-refractivity contribution in [2.45, 2.75) is 57.5 Å². The molecule has 104 valence electrons. The first-order valence-corrected chi connectivity index (χ1v) is 7.41. The van der Waals surface area contributed by atoms with Gasteiger partial charge in [-0.25, -0.2) is 0 Å². The van der Waals surface area contributed by atoms with Crippen LogP contribution in [0.15, 0.2) is 12.3 Å². The van der Waals surface area contributed by atoms with Crippen LogP contribution in [0.1, 0.15) is 62.0 Å². The van der Waals surface area contributed by atoms with Crippen molar-refractivity contribution in [3.8, 4) is 0 Å². The van der Waals surface area contributed by atoms with Gasteiger partial charge in [0.25, 0.3) is 5.91 Å². The summed E-state index contributed by atoms with van der Waals surface area (Å²) < 4.78 is 2.05. The predicted octanol–water partition coefficient (Wildman–Crippen LogP) is 2.71. The quantitative estimate of drug-likeness (QED) is 0.879. The summed E-state index contributed by atoms with van der Waals surface area (Å²) in [7, 11) is 0. The second-order valence-corrected chi connectivity index (χ2v) is 6.23. The summed E-state index contributed by atoms with van der Waals surface area (Å²) >= 11 is 0. The monoisotopic (exact) mass is 261 g/mol. The smallest absolute Gasteiger partial charge is 0.268 e. The van der Waals surface area contributed by atoms with E-state index in [2.05, 4.69) is 16.8 Å². The number of rotatable bonds is 3. The lowest BCUT2D eigenvalue weighted by Crippen LogP contribution is -2.38. The fraction of sp³-hybridized carbons (Fsp3) is 0.667. The van der Waals surface area contributed by atoms with Crippen molar-refractivity contribution >= 4 is 11.6 Å². The van der Waals surface area contributed by atoms with Crippen molar-refractivity contribution in [2.24, 2.45) is 5.92 Å². The van der Waals surface area contributed by atoms with Crippen molar-refractivity contribution in [3.05, 3.63) is 18.0 Å². The molecule has 0 saturated heterocycles. The molecule has 4 heteroatoms. The summed E-state index contributed by atoms with van der Waals surface area (Å²) in [5.41, 5.74) is 7.26. The zero-order chi connectivity index (χ0) is 13.4. The van der Waals surface area contributed by atoms with Gasteiger partial charge in [-0.3, -0.25) is 4.79 Å². The minimum absolute atomic E-state index is 0.0446. The Bertz CT molecular complexity index is 468. The van der Waals surface area contributed by atoms with Crippen molar-refractivity contribution in [3.63, 3.8) is 0 Å². The molecule has 0 unspecified atom stereocenters. The second-order valence-electron chi connectivity index (χ2n) is 6.23. The summed E-state index contributed by atoms with van der Waals surface area (Å²) in [5, 5.41) is 3.18. The van der Waals surface area contributed by atoms with Gasteiger partial charge in [-0.05, 0) is 50.5 Å². The van der Waals surface area contributed by atoms with Gasteiger partial charge in [0, 0.05) is 18.3 Å². The molecule has 2 saturated carbocycles. The minimum atomic E-state index is 0.0446. The molecule has 1 amide bonds. The van der Waals surface area contributed by atoms with E-state index in [1.807, 2.05) is 6.20 Å². The van der Waals surface area contributed by atoms with Gasteiger partial charge >= 0.3 is 0 Å². The number of anilines is 1. The summed E-state index contributed by atoms with van der Waals surface area (Å²) in [6, 6.07) is 2.64. The largest absolute Gasteiger partial charge is 0.397 e. The van der Waals surface area contributed by atoms with E-state index in [1.165, 1.54) is 12.8 Å². The summed E-state index contributed by atoms with van der Waals surface area (Å²) in [4.78, 5) is 12.4. The maximum Gasteiger partial charge on any atom is 0.268 e. The lowest BCUT2D eigenvalue weighted by atomic mass is 9.87. The van der Waals surface area contributed by atoms with Crippen LogP contribution in [-0.2, 0) is 0 Å². The van der Waals surface area contributed by atoms with Gasteiger partial charge in [0.2, 0.25) is 0 Å². The maximum atomic E-state index is 12.4. The molecule has 2 fully saturated rings. The minimum Gasteiger partial charge on any atom is -0.397 e. The lowest BCUT2D eigenvalue weighted by Gasteiger charge is -2.27. The molecule has 3 N–H and O–H groups in total. The summed E-state index contributed by atoms with van der Waals surface area (Å²) in [6.45, 7) is 2.29. The van der Waals surface area contributed by atoms with Gasteiger partial charge in [0.1, 0.15) is 5.69 Å². The first-order chi connectivity index (χ1) is 9.13. The molecule has 19 heavy (non-hydrogen) atoms. The Morgan fingerprint density at radius 2 is 1.95 bits per heavy atom. The Balaban J connectivity index is 1.66. The Labute approximate surface area is 114 Å². The highest BCUT2D eigenvalue weighted by atomic mass is 16.2. The predicted molar refractivity (Wildman–Crippen MR) is 76.0 cm³/mol. The summed E-state index contributed by atoms with van der Waals surface area (Å²) in [6.07, 6.45) is 8.87. The molecule has 1 heterocycles. The van der Waals surface area contributed by atoms with E-state index < -0.39 is 0 Å². The van der Waals surface area contributed by atoms with Gasteiger partial charge < -0.3 is 15.6 Å². The molecule has 0 radical (unpaired) electrons. The molecule has 0 aromatic carbocycles. The molecule has 1 aromatic heterocycles. The van der Waals surface area contributed by atoms with Gasteiger partial charge in [0.05, 0.1) is 5.69 Å². The van der Waals surface area contributed by atoms with Crippen LogP contribution in [0.25, 0.3) is 0 Å². The number of carbonyl (C=O) groups excluding carboxylic acids is 1. The van der Waals surface area contributed by atoms with Crippen LogP contribution in [0, 0.1) is 5.92 Å². The Morgan fingerprint density at radius 1 is 1.26 bits per heavy atom. The zero-order valence-corrected chi connectivity index (χ0v) is 11.6. The first-order valence-electron chi connectivity index (χ1n) is 7.41. The molecule has 0 aliphatic heterocycles. The van der Waals surface area contributed by atoms with Gasteiger partial charge in [-0.15, -0.1) is 0 Å². The van der Waals surface area contributed by atoms with Gasteiger partial charge in [0.15, 0.2) is 0 Å². The zero-order valence-electron chi connectivity index (χ0n) is 11.6. The van der Waals surface area contributed by atoms with Crippen molar-refractivity contribution in [1.82, 2.24) is 9.88 Å². The van der Waals surface area contributed by atoms with Crippen LogP contribution in [0.4, 0.5) is 5.69 Å². The van der Waals surface area contributed by atoms with Crippen molar-refractivity contribution < 1.29 is 4.79 Å². The van der Waals surface area contributed by atoms with Crippen LogP contribution in [0.3, 0.4) is 0 Å². The standard InChI is InChI=1S/C15H23N3O/c1-10-2-4-12(5-3-10)17-15(19)14-8-11(16)9-18(14)13-6-7-13/h8-10,12-13H,2-7,16H2,1H3,(H,17,19). The number of nitrogens with zero attached hydrogens (tertiary/aromatic N) is 1. The average molecular weight is 261 g/mol. The number of nitrogen functional groups attached to an aromatic ring is 1. The third-order valence-corrected chi connectivity index (χ3v) is 4.39. The van der Waals surface area contributed by atoms with Crippen LogP contribution >= 0.6 is 0 Å². The van der Waals surface area contributed by atoms with Crippen LogP contribution in [0.2, 0.25) is 0 Å². The third-order valence-electron chi connectivity index (χ3n) is 4.39. The maximum absolute atomic E-state index is 12.4. The van der Waals surface area contributed by atoms with Crippen molar-refractivity contribution in [2.75, 3.05) is 5.73 Å². The van der Waals surface area contributed by atoms with Crippen LogP contribution in [0.5, 0.6) is 0 Å². The van der Waals surface area contributed by atoms with Crippen LogP contribution in [-0.4, -0.2) is 16.5 Å². The molecular weight excluding hydrogens is 238 g/mol. The number of hydrogen-bond acceptors (Lipinski definition) is 2. The molecule has 3 rings (SSSR count). The van der Waals surface area contributed by atoms with E-state index in [1.54, 1.807) is 6.07 Å². The molecule has 4 nitrogen and oxygen atoms in total. The lowest BCUT2D eigenvalue weighted by molar-refractivity contribution is 0.0913. The SMILES string of the molecule is CC1CCC(NC(=O)c2cc(N)cn2C2CC2)CC1. The molecule has 0 bridgehead atoms. The van der Waals surface area contributed by atoms with E-state index in [0.717, 1.165) is 37.3 Å². The highest BCUT2D eigenvalue weighted by Crippen LogP contribution is 2.37. The molecule has 1 aromatic rings. The summed E-state index contributed by atoms with van der Waals surface area (Å²) in [5.74, 6) is 0.849. The highest BCUT2D eigenvalue weighted by molar-refractivity contribution is 5.94. The normalized spacial score (nSPS) is 27.2. The third kappa shape index (κ3) is 2.77. The Hall–Kier alpha value is -1.45. The highest BCUT2D eigenvalue weighted by Gasteiger charge is 2.28. The topological polar surface area (TPSA) is 60.1 Å². The molecule has 0 atom stereocenters.